The zero-order chi connectivity index (χ0) is 14.8. The van der Waals surface area contributed by atoms with Gasteiger partial charge in [-0.1, -0.05) is 16.8 Å². The molecular weight excluding hydrogens is 296 g/mol. The minimum atomic E-state index is 0.165. The fraction of sp³-hybridized carbons (Fsp3) is 0.231. The van der Waals surface area contributed by atoms with Crippen LogP contribution in [0.25, 0.3) is 10.9 Å². The summed E-state index contributed by atoms with van der Waals surface area (Å²) in [5.74, 6) is 1.98. The van der Waals surface area contributed by atoms with Crippen LogP contribution in [-0.2, 0) is 6.61 Å². The van der Waals surface area contributed by atoms with Gasteiger partial charge in [-0.2, -0.15) is 4.98 Å². The van der Waals surface area contributed by atoms with E-state index in [0.717, 1.165) is 0 Å². The monoisotopic (exact) mass is 306 g/mol. The van der Waals surface area contributed by atoms with Crippen molar-refractivity contribution in [2.75, 3.05) is 7.11 Å². The van der Waals surface area contributed by atoms with Gasteiger partial charge in [0.05, 0.1) is 12.6 Å². The number of hydrogen-bond donors (Lipinski definition) is 0. The Morgan fingerprint density at radius 2 is 2.10 bits per heavy atom. The summed E-state index contributed by atoms with van der Waals surface area (Å²) in [6.45, 7) is 1.88. The highest BCUT2D eigenvalue weighted by atomic mass is 35.5. The SMILES string of the molecule is COc1cc2c(Cl)ncnc2cc1OCc1noc(C)n1. The van der Waals surface area contributed by atoms with E-state index in [1.165, 1.54) is 6.33 Å². The second-order valence-electron chi connectivity index (χ2n) is 4.20. The zero-order valence-corrected chi connectivity index (χ0v) is 12.1. The zero-order valence-electron chi connectivity index (χ0n) is 11.3. The predicted octanol–water partition coefficient (Wildman–Crippen LogP) is 2.56. The molecule has 0 unspecified atom stereocenters. The Labute approximate surface area is 124 Å². The molecule has 3 aromatic rings. The molecule has 0 atom stereocenters. The number of aryl methyl sites for hydroxylation is 1. The summed E-state index contributed by atoms with van der Waals surface area (Å²) in [5.41, 5.74) is 0.662. The van der Waals surface area contributed by atoms with Crippen molar-refractivity contribution in [3.63, 3.8) is 0 Å². The van der Waals surface area contributed by atoms with E-state index < -0.39 is 0 Å². The topological polar surface area (TPSA) is 83.2 Å². The Balaban J connectivity index is 1.93. The summed E-state index contributed by atoms with van der Waals surface area (Å²) in [6.07, 6.45) is 1.39. The van der Waals surface area contributed by atoms with Crippen molar-refractivity contribution in [2.45, 2.75) is 13.5 Å². The van der Waals surface area contributed by atoms with Gasteiger partial charge < -0.3 is 14.0 Å². The summed E-state index contributed by atoms with van der Waals surface area (Å²) in [4.78, 5) is 12.2. The summed E-state index contributed by atoms with van der Waals surface area (Å²) in [6, 6.07) is 3.46. The highest BCUT2D eigenvalue weighted by Gasteiger charge is 2.12. The minimum absolute atomic E-state index is 0.165. The fourth-order valence-electron chi connectivity index (χ4n) is 1.85. The van der Waals surface area contributed by atoms with Gasteiger partial charge in [0.15, 0.2) is 18.1 Å². The van der Waals surface area contributed by atoms with Gasteiger partial charge in [0, 0.05) is 18.4 Å². The van der Waals surface area contributed by atoms with Crippen LogP contribution in [0.1, 0.15) is 11.7 Å². The Bertz CT molecular complexity index is 790. The predicted molar refractivity (Wildman–Crippen MR) is 74.5 cm³/mol. The molecule has 3 rings (SSSR count). The van der Waals surface area contributed by atoms with Crippen molar-refractivity contribution in [3.8, 4) is 11.5 Å². The molecular formula is C13H11ClN4O3. The van der Waals surface area contributed by atoms with Crippen LogP contribution in [0, 0.1) is 6.92 Å². The number of hydrogen-bond acceptors (Lipinski definition) is 7. The molecule has 0 aliphatic heterocycles. The molecule has 0 aliphatic carbocycles. The van der Waals surface area contributed by atoms with E-state index in [2.05, 4.69) is 20.1 Å². The van der Waals surface area contributed by atoms with Gasteiger partial charge in [0.25, 0.3) is 0 Å². The average Bonchev–Trinajstić information content (AvgIpc) is 2.90. The summed E-state index contributed by atoms with van der Waals surface area (Å²) < 4.78 is 15.8. The van der Waals surface area contributed by atoms with Crippen molar-refractivity contribution < 1.29 is 14.0 Å². The van der Waals surface area contributed by atoms with Crippen LogP contribution < -0.4 is 9.47 Å². The number of fused-ring (bicyclic) bond motifs is 1. The first-order valence-corrected chi connectivity index (χ1v) is 6.45. The number of benzene rings is 1. The fourth-order valence-corrected chi connectivity index (χ4v) is 2.04. The standard InChI is InChI=1S/C13H11ClN4O3/c1-7-17-12(18-21-7)5-20-11-4-9-8(3-10(11)19-2)13(14)16-6-15-9/h3-4,6H,5H2,1-2H3. The summed E-state index contributed by atoms with van der Waals surface area (Å²) >= 11 is 6.03. The molecule has 0 spiro atoms. The van der Waals surface area contributed by atoms with E-state index >= 15 is 0 Å². The highest BCUT2D eigenvalue weighted by Crippen LogP contribution is 2.34. The van der Waals surface area contributed by atoms with Gasteiger partial charge in [-0.05, 0) is 6.07 Å². The largest absolute Gasteiger partial charge is 0.493 e. The van der Waals surface area contributed by atoms with E-state index in [1.807, 2.05) is 0 Å². The Kier molecular flexibility index (Phi) is 3.57. The first kappa shape index (κ1) is 13.6. The molecule has 0 N–H and O–H groups in total. The van der Waals surface area contributed by atoms with Crippen LogP contribution in [-0.4, -0.2) is 27.2 Å². The molecule has 21 heavy (non-hydrogen) atoms. The molecule has 0 saturated carbocycles. The first-order chi connectivity index (χ1) is 10.2. The third kappa shape index (κ3) is 2.73. The number of methoxy groups -OCH3 is 1. The molecule has 0 radical (unpaired) electrons. The minimum Gasteiger partial charge on any atom is -0.493 e. The maximum Gasteiger partial charge on any atom is 0.223 e. The Hall–Kier alpha value is -2.41. The van der Waals surface area contributed by atoms with Crippen LogP contribution in [0.15, 0.2) is 23.0 Å². The van der Waals surface area contributed by atoms with E-state index in [-0.39, 0.29) is 6.61 Å². The lowest BCUT2D eigenvalue weighted by Gasteiger charge is -2.10. The first-order valence-electron chi connectivity index (χ1n) is 6.07. The van der Waals surface area contributed by atoms with Crippen molar-refractivity contribution in [1.82, 2.24) is 20.1 Å². The number of rotatable bonds is 4. The quantitative estimate of drug-likeness (QED) is 0.685. The molecule has 8 heteroatoms. The van der Waals surface area contributed by atoms with E-state index in [1.54, 1.807) is 26.2 Å². The average molecular weight is 307 g/mol. The number of ether oxygens (including phenoxy) is 2. The van der Waals surface area contributed by atoms with Gasteiger partial charge in [0.2, 0.25) is 11.7 Å². The second-order valence-corrected chi connectivity index (χ2v) is 4.56. The van der Waals surface area contributed by atoms with Gasteiger partial charge in [-0.3, -0.25) is 0 Å². The number of halogens is 1. The molecule has 0 saturated heterocycles. The van der Waals surface area contributed by atoms with Gasteiger partial charge in [-0.15, -0.1) is 0 Å². The van der Waals surface area contributed by atoms with Crippen LogP contribution >= 0.6 is 11.6 Å². The van der Waals surface area contributed by atoms with Gasteiger partial charge in [0.1, 0.15) is 11.5 Å². The van der Waals surface area contributed by atoms with Crippen molar-refractivity contribution in [3.05, 3.63) is 35.3 Å². The summed E-state index contributed by atoms with van der Waals surface area (Å²) in [5, 5.41) is 4.82. The lowest BCUT2D eigenvalue weighted by atomic mass is 10.2. The maximum atomic E-state index is 6.03. The van der Waals surface area contributed by atoms with Crippen LogP contribution in [0.2, 0.25) is 5.15 Å². The van der Waals surface area contributed by atoms with E-state index in [0.29, 0.717) is 39.3 Å². The Morgan fingerprint density at radius 1 is 1.24 bits per heavy atom. The number of aromatic nitrogens is 4. The maximum absolute atomic E-state index is 6.03. The number of nitrogens with zero attached hydrogens (tertiary/aromatic N) is 4. The highest BCUT2D eigenvalue weighted by molar-refractivity contribution is 6.34. The van der Waals surface area contributed by atoms with Crippen molar-refractivity contribution >= 4 is 22.5 Å². The third-order valence-corrected chi connectivity index (χ3v) is 3.10. The van der Waals surface area contributed by atoms with Crippen LogP contribution in [0.3, 0.4) is 0 Å². The third-order valence-electron chi connectivity index (χ3n) is 2.80. The lowest BCUT2D eigenvalue weighted by Crippen LogP contribution is -2.00. The molecule has 7 nitrogen and oxygen atoms in total. The van der Waals surface area contributed by atoms with E-state index in [9.17, 15) is 0 Å². The smallest absolute Gasteiger partial charge is 0.223 e. The Morgan fingerprint density at radius 3 is 2.81 bits per heavy atom. The van der Waals surface area contributed by atoms with Crippen molar-refractivity contribution in [1.29, 1.82) is 0 Å². The lowest BCUT2D eigenvalue weighted by molar-refractivity contribution is 0.270. The molecule has 2 heterocycles. The second kappa shape index (κ2) is 5.53. The molecule has 0 bridgehead atoms. The normalized spacial score (nSPS) is 10.8. The molecule has 2 aromatic heterocycles. The molecule has 108 valence electrons. The van der Waals surface area contributed by atoms with E-state index in [4.69, 9.17) is 25.6 Å². The van der Waals surface area contributed by atoms with Crippen LogP contribution in [0.4, 0.5) is 0 Å². The summed E-state index contributed by atoms with van der Waals surface area (Å²) in [7, 11) is 1.55. The van der Waals surface area contributed by atoms with Gasteiger partial charge in [-0.25, -0.2) is 9.97 Å². The molecule has 0 amide bonds. The van der Waals surface area contributed by atoms with Crippen molar-refractivity contribution in [2.24, 2.45) is 0 Å². The molecule has 0 aliphatic rings. The molecule has 1 aromatic carbocycles. The van der Waals surface area contributed by atoms with Gasteiger partial charge >= 0.3 is 0 Å². The van der Waals surface area contributed by atoms with Crippen LogP contribution in [0.5, 0.6) is 11.5 Å². The molecule has 0 fully saturated rings.